The van der Waals surface area contributed by atoms with Crippen LogP contribution in [0.15, 0.2) is 0 Å². The number of nitrogens with zero attached hydrogens (tertiary/aromatic N) is 2. The average molecular weight is 340 g/mol. The van der Waals surface area contributed by atoms with Gasteiger partial charge in [0, 0.05) is 39.0 Å². The van der Waals surface area contributed by atoms with Crippen molar-refractivity contribution >= 4 is 18.0 Å². The Morgan fingerprint density at radius 2 is 1.25 bits per heavy atom. The molecule has 0 bridgehead atoms. The summed E-state index contributed by atoms with van der Waals surface area (Å²) in [5.74, 6) is 0.455. The van der Waals surface area contributed by atoms with Gasteiger partial charge in [0.25, 0.3) is 0 Å². The van der Waals surface area contributed by atoms with E-state index in [2.05, 4.69) is 0 Å². The van der Waals surface area contributed by atoms with E-state index in [1.165, 1.54) is 0 Å². The second-order valence-corrected chi connectivity index (χ2v) is 6.33. The first-order chi connectivity index (χ1) is 11.7. The highest BCUT2D eigenvalue weighted by atomic mass is 16.7. The van der Waals surface area contributed by atoms with Crippen LogP contribution in [0.2, 0.25) is 0 Å². The highest BCUT2D eigenvalue weighted by Gasteiger charge is 2.19. The van der Waals surface area contributed by atoms with Crippen LogP contribution in [0.1, 0.15) is 51.4 Å². The first-order valence-corrected chi connectivity index (χ1v) is 9.02. The van der Waals surface area contributed by atoms with Gasteiger partial charge < -0.3 is 19.3 Å². The number of amides is 2. The molecule has 24 heavy (non-hydrogen) atoms. The predicted molar refractivity (Wildman–Crippen MR) is 87.4 cm³/mol. The van der Waals surface area contributed by atoms with Crippen molar-refractivity contribution in [3.05, 3.63) is 0 Å². The lowest BCUT2D eigenvalue weighted by molar-refractivity contribution is -0.128. The molecule has 0 aliphatic carbocycles. The van der Waals surface area contributed by atoms with E-state index in [0.717, 1.165) is 64.7 Å². The zero-order chi connectivity index (χ0) is 17.2. The number of hydrogen-bond acceptors (Lipinski definition) is 5. The monoisotopic (exact) mass is 340 g/mol. The highest BCUT2D eigenvalue weighted by Crippen LogP contribution is 2.11. The normalized spacial score (nSPS) is 17.7. The molecule has 2 aliphatic heterocycles. The van der Waals surface area contributed by atoms with E-state index in [4.69, 9.17) is 9.47 Å². The molecule has 2 aliphatic rings. The van der Waals surface area contributed by atoms with Crippen LogP contribution >= 0.6 is 0 Å². The predicted octanol–water partition coefficient (Wildman–Crippen LogP) is 1.94. The Morgan fingerprint density at radius 1 is 0.792 bits per heavy atom. The maximum Gasteiger partial charge on any atom is 0.508 e. The van der Waals surface area contributed by atoms with Gasteiger partial charge in [-0.05, 0) is 38.5 Å². The van der Waals surface area contributed by atoms with Crippen LogP contribution in [0.25, 0.3) is 0 Å². The Kier molecular flexibility index (Phi) is 7.85. The molecular weight excluding hydrogens is 312 g/mol. The van der Waals surface area contributed by atoms with E-state index in [1.54, 1.807) is 0 Å². The first-order valence-electron chi connectivity index (χ1n) is 9.02. The van der Waals surface area contributed by atoms with Crippen molar-refractivity contribution in [3.8, 4) is 0 Å². The highest BCUT2D eigenvalue weighted by molar-refractivity contribution is 5.78. The van der Waals surface area contributed by atoms with Crippen molar-refractivity contribution in [1.29, 1.82) is 0 Å². The third-order valence-corrected chi connectivity index (χ3v) is 4.43. The minimum atomic E-state index is -0.635. The second-order valence-electron chi connectivity index (χ2n) is 6.33. The van der Waals surface area contributed by atoms with Crippen LogP contribution < -0.4 is 0 Å². The summed E-state index contributed by atoms with van der Waals surface area (Å²) in [6, 6.07) is 0. The Morgan fingerprint density at radius 3 is 1.62 bits per heavy atom. The molecule has 0 aromatic heterocycles. The summed E-state index contributed by atoms with van der Waals surface area (Å²) in [5.41, 5.74) is 0. The lowest BCUT2D eigenvalue weighted by Crippen LogP contribution is -2.26. The topological polar surface area (TPSA) is 76.2 Å². The van der Waals surface area contributed by atoms with Crippen molar-refractivity contribution in [2.24, 2.45) is 0 Å². The van der Waals surface area contributed by atoms with E-state index >= 15 is 0 Å². The van der Waals surface area contributed by atoms with E-state index in [1.807, 2.05) is 9.80 Å². The minimum Gasteiger partial charge on any atom is -0.434 e. The molecule has 0 atom stereocenters. The number of hydrogen-bond donors (Lipinski definition) is 0. The molecule has 136 valence electrons. The van der Waals surface area contributed by atoms with Crippen LogP contribution in [0.4, 0.5) is 4.79 Å². The van der Waals surface area contributed by atoms with Crippen molar-refractivity contribution < 1.29 is 23.9 Å². The fourth-order valence-electron chi connectivity index (χ4n) is 3.04. The van der Waals surface area contributed by atoms with Gasteiger partial charge in [-0.25, -0.2) is 4.79 Å². The molecule has 0 unspecified atom stereocenters. The fraction of sp³-hybridized carbons (Fsp3) is 0.824. The Bertz CT molecular complexity index is 403. The second kappa shape index (κ2) is 10.2. The molecule has 7 nitrogen and oxygen atoms in total. The lowest BCUT2D eigenvalue weighted by Gasteiger charge is -2.15. The fourth-order valence-corrected chi connectivity index (χ4v) is 3.04. The Balaban J connectivity index is 1.38. The molecule has 0 radical (unpaired) electrons. The van der Waals surface area contributed by atoms with Crippen LogP contribution in [-0.2, 0) is 19.1 Å². The SMILES string of the molecule is O=C(OCCCCN1CCCC1=O)OCCCCN1CCCC1=O. The number of carbonyl (C=O) groups excluding carboxylic acids is 3. The maximum atomic E-state index is 11.4. The van der Waals surface area contributed by atoms with Crippen molar-refractivity contribution in [2.75, 3.05) is 39.4 Å². The largest absolute Gasteiger partial charge is 0.508 e. The number of carbonyl (C=O) groups is 3. The number of rotatable bonds is 10. The summed E-state index contributed by atoms with van der Waals surface area (Å²) in [6.45, 7) is 3.83. The molecule has 7 heteroatoms. The third-order valence-electron chi connectivity index (χ3n) is 4.43. The van der Waals surface area contributed by atoms with Gasteiger partial charge in [-0.15, -0.1) is 0 Å². The molecule has 2 amide bonds. The summed E-state index contributed by atoms with van der Waals surface area (Å²) in [4.78, 5) is 38.0. The molecule has 2 rings (SSSR count). The van der Waals surface area contributed by atoms with E-state index < -0.39 is 6.16 Å². The van der Waals surface area contributed by atoms with Gasteiger partial charge >= 0.3 is 6.16 Å². The quantitative estimate of drug-likeness (QED) is 0.449. The van der Waals surface area contributed by atoms with Crippen LogP contribution in [-0.4, -0.2) is 67.2 Å². The Labute approximate surface area is 143 Å². The minimum absolute atomic E-state index is 0.228. The smallest absolute Gasteiger partial charge is 0.434 e. The third kappa shape index (κ3) is 6.37. The van der Waals surface area contributed by atoms with E-state index in [-0.39, 0.29) is 11.8 Å². The van der Waals surface area contributed by atoms with Gasteiger partial charge in [0.2, 0.25) is 11.8 Å². The van der Waals surface area contributed by atoms with Gasteiger partial charge in [0.15, 0.2) is 0 Å². The summed E-state index contributed by atoms with van der Waals surface area (Å²) in [5, 5.41) is 0. The lowest BCUT2D eigenvalue weighted by atomic mass is 10.3. The molecule has 2 fully saturated rings. The van der Waals surface area contributed by atoms with Crippen molar-refractivity contribution in [3.63, 3.8) is 0 Å². The summed E-state index contributed by atoms with van der Waals surface area (Å²) in [6.07, 6.45) is 5.73. The number of likely N-dealkylation sites (tertiary alicyclic amines) is 2. The number of unbranched alkanes of at least 4 members (excludes halogenated alkanes) is 2. The average Bonchev–Trinajstić information content (AvgIpc) is 3.15. The molecule has 0 N–H and O–H groups in total. The molecule has 2 saturated heterocycles. The van der Waals surface area contributed by atoms with Gasteiger partial charge in [-0.3, -0.25) is 9.59 Å². The molecule has 0 aromatic rings. The summed E-state index contributed by atoms with van der Waals surface area (Å²) < 4.78 is 10.0. The van der Waals surface area contributed by atoms with Crippen LogP contribution in [0.3, 0.4) is 0 Å². The van der Waals surface area contributed by atoms with Crippen LogP contribution in [0, 0.1) is 0 Å². The molecule has 2 heterocycles. The van der Waals surface area contributed by atoms with E-state index in [0.29, 0.717) is 26.1 Å². The zero-order valence-corrected chi connectivity index (χ0v) is 14.3. The standard InChI is InChI=1S/C17H28N2O5/c20-15-7-5-11-18(15)9-1-3-13-23-17(22)24-14-4-2-10-19-12-6-8-16(19)21/h1-14H2. The summed E-state index contributed by atoms with van der Waals surface area (Å²) >= 11 is 0. The van der Waals surface area contributed by atoms with Crippen molar-refractivity contribution in [1.82, 2.24) is 9.80 Å². The Hall–Kier alpha value is -1.79. The molecular formula is C17H28N2O5. The molecule has 0 saturated carbocycles. The van der Waals surface area contributed by atoms with Gasteiger partial charge in [0.1, 0.15) is 0 Å². The van der Waals surface area contributed by atoms with Crippen LogP contribution in [0.5, 0.6) is 0 Å². The van der Waals surface area contributed by atoms with Gasteiger partial charge in [-0.2, -0.15) is 0 Å². The maximum absolute atomic E-state index is 11.4. The number of ether oxygens (including phenoxy) is 2. The van der Waals surface area contributed by atoms with Gasteiger partial charge in [-0.1, -0.05) is 0 Å². The molecule has 0 spiro atoms. The van der Waals surface area contributed by atoms with Gasteiger partial charge in [0.05, 0.1) is 13.2 Å². The van der Waals surface area contributed by atoms with Crippen molar-refractivity contribution in [2.45, 2.75) is 51.4 Å². The van der Waals surface area contributed by atoms with E-state index in [9.17, 15) is 14.4 Å². The first kappa shape index (κ1) is 18.5. The summed E-state index contributed by atoms with van der Waals surface area (Å²) in [7, 11) is 0. The zero-order valence-electron chi connectivity index (χ0n) is 14.3. The molecule has 0 aromatic carbocycles.